The summed E-state index contributed by atoms with van der Waals surface area (Å²) in [6.07, 6.45) is -5.03. The first-order valence-electron chi connectivity index (χ1n) is 8.07. The Hall–Kier alpha value is -2.86. The number of fused-ring (bicyclic) bond motifs is 1. The Kier molecular flexibility index (Phi) is 4.15. The number of imidazole rings is 1. The molecule has 3 aromatic rings. The zero-order valence-corrected chi connectivity index (χ0v) is 13.8. The van der Waals surface area contributed by atoms with E-state index in [1.807, 2.05) is 0 Å². The van der Waals surface area contributed by atoms with Crippen LogP contribution in [0.25, 0.3) is 22.6 Å². The molecule has 3 heterocycles. The minimum atomic E-state index is -1.43. The highest BCUT2D eigenvalue weighted by atomic mass is 19.1. The molecule has 0 radical (unpaired) electrons. The number of hydrogen-bond donors (Lipinski definition) is 5. The molecule has 0 bridgehead atoms. The van der Waals surface area contributed by atoms with Crippen molar-refractivity contribution in [1.29, 1.82) is 0 Å². The lowest BCUT2D eigenvalue weighted by Crippen LogP contribution is -2.33. The Bertz CT molecular complexity index is 1050. The Morgan fingerprint density at radius 2 is 1.93 bits per heavy atom. The molecule has 0 aliphatic carbocycles. The Morgan fingerprint density at radius 3 is 2.56 bits per heavy atom. The van der Waals surface area contributed by atoms with Gasteiger partial charge in [0.2, 0.25) is 5.95 Å². The van der Waals surface area contributed by atoms with Crippen LogP contribution >= 0.6 is 0 Å². The third-order valence-corrected chi connectivity index (χ3v) is 4.44. The number of hydrogen-bond acceptors (Lipinski definition) is 8. The molecule has 0 spiro atoms. The maximum atomic E-state index is 13.3. The zero-order valence-electron chi connectivity index (χ0n) is 13.8. The van der Waals surface area contributed by atoms with Crippen LogP contribution < -0.4 is 11.3 Å². The Labute approximate surface area is 150 Å². The molecule has 1 fully saturated rings. The highest BCUT2D eigenvalue weighted by molar-refractivity contribution is 5.77. The summed E-state index contributed by atoms with van der Waals surface area (Å²) >= 11 is 0. The van der Waals surface area contributed by atoms with Crippen molar-refractivity contribution in [3.05, 3.63) is 40.4 Å². The molecule has 0 unspecified atom stereocenters. The summed E-state index contributed by atoms with van der Waals surface area (Å²) in [6.45, 7) is -0.524. The topological polar surface area (TPSA) is 160 Å². The molecule has 4 rings (SSSR count). The van der Waals surface area contributed by atoms with Crippen molar-refractivity contribution in [2.24, 2.45) is 0 Å². The fourth-order valence-corrected chi connectivity index (χ4v) is 3.14. The molecule has 6 N–H and O–H groups in total. The summed E-state index contributed by atoms with van der Waals surface area (Å²) in [5.74, 6) is -0.482. The van der Waals surface area contributed by atoms with E-state index in [-0.39, 0.29) is 22.9 Å². The second-order valence-corrected chi connectivity index (χ2v) is 6.16. The first-order chi connectivity index (χ1) is 12.9. The number of aromatic amines is 1. The van der Waals surface area contributed by atoms with Crippen LogP contribution in [0.15, 0.2) is 29.1 Å². The number of nitrogens with zero attached hydrogens (tertiary/aromatic N) is 3. The van der Waals surface area contributed by atoms with Gasteiger partial charge < -0.3 is 25.8 Å². The van der Waals surface area contributed by atoms with Crippen molar-refractivity contribution in [2.45, 2.75) is 24.5 Å². The monoisotopic (exact) mass is 377 g/mol. The van der Waals surface area contributed by atoms with Crippen molar-refractivity contribution < 1.29 is 24.4 Å². The first-order valence-corrected chi connectivity index (χ1v) is 8.07. The molecule has 0 amide bonds. The van der Waals surface area contributed by atoms with Crippen LogP contribution in [0.3, 0.4) is 0 Å². The van der Waals surface area contributed by atoms with E-state index in [0.29, 0.717) is 5.56 Å². The Morgan fingerprint density at radius 1 is 1.22 bits per heavy atom. The van der Waals surface area contributed by atoms with E-state index in [1.165, 1.54) is 28.8 Å². The average molecular weight is 377 g/mol. The van der Waals surface area contributed by atoms with Gasteiger partial charge in [-0.05, 0) is 24.3 Å². The summed E-state index contributed by atoms with van der Waals surface area (Å²) in [6, 6.07) is 5.29. The SMILES string of the molecule is Nc1nc2c(nc(-c3ccc(F)cc3)n2[C@@H]2O[C@H](CO)[C@@H](O)[C@H]2O)c(=O)[nH]1. The minimum Gasteiger partial charge on any atom is -0.394 e. The predicted molar refractivity (Wildman–Crippen MR) is 91.0 cm³/mol. The van der Waals surface area contributed by atoms with Crippen molar-refractivity contribution in [3.63, 3.8) is 0 Å². The molecule has 2 aromatic heterocycles. The van der Waals surface area contributed by atoms with Gasteiger partial charge in [0.05, 0.1) is 6.61 Å². The molecule has 4 atom stereocenters. The van der Waals surface area contributed by atoms with Gasteiger partial charge in [0.25, 0.3) is 5.56 Å². The van der Waals surface area contributed by atoms with Gasteiger partial charge >= 0.3 is 0 Å². The molecule has 27 heavy (non-hydrogen) atoms. The van der Waals surface area contributed by atoms with E-state index in [0.717, 1.165) is 0 Å². The number of nitrogens with one attached hydrogen (secondary N) is 1. The summed E-state index contributed by atoms with van der Waals surface area (Å²) in [4.78, 5) is 22.9. The molecule has 142 valence electrons. The van der Waals surface area contributed by atoms with E-state index in [9.17, 15) is 24.5 Å². The fourth-order valence-electron chi connectivity index (χ4n) is 3.14. The lowest BCUT2D eigenvalue weighted by atomic mass is 10.1. The second kappa shape index (κ2) is 6.39. The van der Waals surface area contributed by atoms with Crippen LogP contribution in [0.2, 0.25) is 0 Å². The van der Waals surface area contributed by atoms with Gasteiger partial charge in [-0.1, -0.05) is 0 Å². The number of anilines is 1. The van der Waals surface area contributed by atoms with Gasteiger partial charge in [0.1, 0.15) is 30.0 Å². The number of aliphatic hydroxyl groups is 3. The average Bonchev–Trinajstić information content (AvgIpc) is 3.14. The summed E-state index contributed by atoms with van der Waals surface area (Å²) in [5, 5.41) is 29.8. The number of nitrogens with two attached hydrogens (primary N) is 1. The third kappa shape index (κ3) is 2.77. The lowest BCUT2D eigenvalue weighted by Gasteiger charge is -2.19. The van der Waals surface area contributed by atoms with Crippen molar-refractivity contribution in [1.82, 2.24) is 19.5 Å². The molecular formula is C16H16FN5O5. The van der Waals surface area contributed by atoms with Gasteiger partial charge in [0.15, 0.2) is 17.4 Å². The second-order valence-electron chi connectivity index (χ2n) is 6.16. The summed E-state index contributed by atoms with van der Waals surface area (Å²) < 4.78 is 20.2. The number of benzene rings is 1. The quantitative estimate of drug-likeness (QED) is 0.393. The van der Waals surface area contributed by atoms with Crippen LogP contribution in [0, 0.1) is 5.82 Å². The molecule has 11 heteroatoms. The third-order valence-electron chi connectivity index (χ3n) is 4.44. The van der Waals surface area contributed by atoms with Gasteiger partial charge in [-0.3, -0.25) is 14.3 Å². The summed E-state index contributed by atoms with van der Waals surface area (Å²) in [5.41, 5.74) is 5.39. The lowest BCUT2D eigenvalue weighted by molar-refractivity contribution is -0.0503. The fraction of sp³-hybridized carbons (Fsp3) is 0.312. The highest BCUT2D eigenvalue weighted by Gasteiger charge is 2.45. The largest absolute Gasteiger partial charge is 0.394 e. The molecule has 1 saturated heterocycles. The van der Waals surface area contributed by atoms with Gasteiger partial charge in [-0.15, -0.1) is 0 Å². The van der Waals surface area contributed by atoms with E-state index in [4.69, 9.17) is 10.5 Å². The molecule has 0 saturated carbocycles. The maximum absolute atomic E-state index is 13.3. The van der Waals surface area contributed by atoms with Crippen LogP contribution in [-0.4, -0.2) is 59.8 Å². The normalized spacial score (nSPS) is 25.3. The van der Waals surface area contributed by atoms with Gasteiger partial charge in [0, 0.05) is 5.56 Å². The highest BCUT2D eigenvalue weighted by Crippen LogP contribution is 2.35. The van der Waals surface area contributed by atoms with E-state index in [1.54, 1.807) is 0 Å². The Balaban J connectivity index is 1.98. The van der Waals surface area contributed by atoms with E-state index < -0.39 is 42.5 Å². The van der Waals surface area contributed by atoms with Crippen LogP contribution in [0.4, 0.5) is 10.3 Å². The van der Waals surface area contributed by atoms with Crippen molar-refractivity contribution in [3.8, 4) is 11.4 Å². The van der Waals surface area contributed by atoms with Crippen molar-refractivity contribution >= 4 is 17.1 Å². The molecule has 1 aliphatic rings. The smallest absolute Gasteiger partial charge is 0.280 e. The number of nitrogen functional groups attached to an aromatic ring is 1. The molecule has 10 nitrogen and oxygen atoms in total. The minimum absolute atomic E-state index is 0.0189. The van der Waals surface area contributed by atoms with E-state index >= 15 is 0 Å². The maximum Gasteiger partial charge on any atom is 0.280 e. The number of aromatic nitrogens is 4. The predicted octanol–water partition coefficient (Wildman–Crippen LogP) is -0.881. The zero-order chi connectivity index (χ0) is 19.3. The number of rotatable bonds is 3. The van der Waals surface area contributed by atoms with E-state index in [2.05, 4.69) is 15.0 Å². The number of aliphatic hydroxyl groups excluding tert-OH is 3. The van der Waals surface area contributed by atoms with Gasteiger partial charge in [-0.25, -0.2) is 9.37 Å². The van der Waals surface area contributed by atoms with Gasteiger partial charge in [-0.2, -0.15) is 4.98 Å². The molecule has 1 aromatic carbocycles. The number of halogens is 1. The van der Waals surface area contributed by atoms with Crippen LogP contribution in [0.1, 0.15) is 6.23 Å². The summed E-state index contributed by atoms with van der Waals surface area (Å²) in [7, 11) is 0. The van der Waals surface area contributed by atoms with Crippen LogP contribution in [-0.2, 0) is 4.74 Å². The molecule has 1 aliphatic heterocycles. The standard InChI is InChI=1S/C16H16FN5O5/c17-7-3-1-6(2-4-7)12-19-9-13(20-16(18)21-14(9)26)22(12)15-11(25)10(24)8(5-23)27-15/h1-4,8,10-11,15,23-25H,5H2,(H3,18,20,21,26)/t8-,10-,11-,15-/m1/s1. The first kappa shape index (κ1) is 17.5. The number of H-pyrrole nitrogens is 1. The molecular weight excluding hydrogens is 361 g/mol. The van der Waals surface area contributed by atoms with Crippen molar-refractivity contribution in [2.75, 3.05) is 12.3 Å². The number of ether oxygens (including phenoxy) is 1. The van der Waals surface area contributed by atoms with Crippen LogP contribution in [0.5, 0.6) is 0 Å².